The highest BCUT2D eigenvalue weighted by Crippen LogP contribution is 2.32. The lowest BCUT2D eigenvalue weighted by atomic mass is 9.82. The molecule has 0 spiro atoms. The number of aromatic nitrogens is 1. The zero-order valence-electron chi connectivity index (χ0n) is 19.0. The number of benzene rings is 2. The molecule has 2 aliphatic rings. The molecular formula is C27H28ClN3O3. The number of carbonyl (C=O) groups excluding carboxylic acids is 2. The van der Waals surface area contributed by atoms with Gasteiger partial charge in [-0.3, -0.25) is 9.59 Å². The number of piperazine rings is 1. The predicted octanol–water partition coefficient (Wildman–Crippen LogP) is 5.54. The molecule has 2 heterocycles. The minimum Gasteiger partial charge on any atom is -0.431 e. The molecule has 1 saturated heterocycles. The second kappa shape index (κ2) is 10.0. The Morgan fingerprint density at radius 3 is 2.38 bits per heavy atom. The first-order valence-corrected chi connectivity index (χ1v) is 12.3. The molecule has 7 heteroatoms. The molecule has 5 rings (SSSR count). The van der Waals surface area contributed by atoms with Crippen molar-refractivity contribution in [2.75, 3.05) is 19.6 Å². The van der Waals surface area contributed by atoms with Crippen LogP contribution in [0.1, 0.15) is 53.0 Å². The molecule has 6 nitrogen and oxygen atoms in total. The molecule has 2 aromatic carbocycles. The predicted molar refractivity (Wildman–Crippen MR) is 131 cm³/mol. The van der Waals surface area contributed by atoms with E-state index in [2.05, 4.69) is 4.98 Å². The van der Waals surface area contributed by atoms with Crippen molar-refractivity contribution in [1.82, 2.24) is 14.8 Å². The van der Waals surface area contributed by atoms with Gasteiger partial charge in [0.05, 0.1) is 12.2 Å². The highest BCUT2D eigenvalue weighted by atomic mass is 35.5. The highest BCUT2D eigenvalue weighted by molar-refractivity contribution is 6.30. The van der Waals surface area contributed by atoms with Gasteiger partial charge in [0.25, 0.3) is 11.8 Å². The first-order valence-electron chi connectivity index (χ1n) is 12.0. The summed E-state index contributed by atoms with van der Waals surface area (Å²) in [5.74, 6) is 0.887. The lowest BCUT2D eigenvalue weighted by Crippen LogP contribution is -2.59. The van der Waals surface area contributed by atoms with Crippen molar-refractivity contribution in [3.63, 3.8) is 0 Å². The van der Waals surface area contributed by atoms with Crippen LogP contribution in [0.15, 0.2) is 65.2 Å². The van der Waals surface area contributed by atoms with E-state index >= 15 is 0 Å². The number of carbonyl (C=O) groups is 2. The Morgan fingerprint density at radius 1 is 0.912 bits per heavy atom. The number of amides is 2. The van der Waals surface area contributed by atoms with E-state index in [1.165, 1.54) is 25.5 Å². The van der Waals surface area contributed by atoms with Crippen molar-refractivity contribution < 1.29 is 14.0 Å². The molecule has 1 atom stereocenters. The Labute approximate surface area is 204 Å². The van der Waals surface area contributed by atoms with Crippen LogP contribution >= 0.6 is 11.6 Å². The summed E-state index contributed by atoms with van der Waals surface area (Å²) in [6.07, 6.45) is 7.24. The maximum Gasteiger partial charge on any atom is 0.291 e. The van der Waals surface area contributed by atoms with Gasteiger partial charge in [-0.1, -0.05) is 49.1 Å². The van der Waals surface area contributed by atoms with E-state index in [0.717, 1.165) is 18.4 Å². The van der Waals surface area contributed by atoms with E-state index in [1.807, 2.05) is 40.1 Å². The highest BCUT2D eigenvalue weighted by Gasteiger charge is 2.38. The topological polar surface area (TPSA) is 66.7 Å². The van der Waals surface area contributed by atoms with Crippen molar-refractivity contribution >= 4 is 23.4 Å². The first kappa shape index (κ1) is 22.7. The summed E-state index contributed by atoms with van der Waals surface area (Å²) in [5, 5.41) is 0.609. The van der Waals surface area contributed by atoms with Crippen LogP contribution in [-0.4, -0.2) is 52.3 Å². The van der Waals surface area contributed by atoms with Gasteiger partial charge in [0, 0.05) is 35.8 Å². The molecule has 0 radical (unpaired) electrons. The van der Waals surface area contributed by atoms with Gasteiger partial charge in [0.1, 0.15) is 0 Å². The molecule has 0 bridgehead atoms. The van der Waals surface area contributed by atoms with E-state index < -0.39 is 0 Å². The van der Waals surface area contributed by atoms with Crippen molar-refractivity contribution in [3.05, 3.63) is 77.1 Å². The first-order chi connectivity index (χ1) is 16.6. The minimum atomic E-state index is -0.172. The zero-order valence-corrected chi connectivity index (χ0v) is 19.8. The number of oxazole rings is 1. The van der Waals surface area contributed by atoms with Crippen LogP contribution in [0.5, 0.6) is 0 Å². The number of nitrogens with zero attached hydrogens (tertiary/aromatic N) is 3. The van der Waals surface area contributed by atoms with E-state index in [-0.39, 0.29) is 23.6 Å². The average Bonchev–Trinajstić information content (AvgIpc) is 3.39. The van der Waals surface area contributed by atoms with Crippen molar-refractivity contribution in [2.24, 2.45) is 5.92 Å². The molecule has 2 amide bonds. The van der Waals surface area contributed by atoms with Gasteiger partial charge in [0.15, 0.2) is 0 Å². The Balaban J connectivity index is 1.35. The normalized spacial score (nSPS) is 19.3. The van der Waals surface area contributed by atoms with Crippen molar-refractivity contribution in [2.45, 2.75) is 38.1 Å². The van der Waals surface area contributed by atoms with Gasteiger partial charge in [-0.2, -0.15) is 0 Å². The Kier molecular flexibility index (Phi) is 6.68. The summed E-state index contributed by atoms with van der Waals surface area (Å²) in [7, 11) is 0. The number of hydrogen-bond donors (Lipinski definition) is 0. The van der Waals surface area contributed by atoms with E-state index in [4.69, 9.17) is 16.0 Å². The molecular weight excluding hydrogens is 450 g/mol. The van der Waals surface area contributed by atoms with Crippen molar-refractivity contribution in [3.8, 4) is 11.5 Å². The minimum absolute atomic E-state index is 0.00497. The maximum atomic E-state index is 13.4. The molecule has 1 unspecified atom stereocenters. The Hall–Kier alpha value is -3.12. The van der Waals surface area contributed by atoms with Crippen LogP contribution in [0, 0.1) is 5.92 Å². The van der Waals surface area contributed by atoms with E-state index in [1.54, 1.807) is 24.3 Å². The fraction of sp³-hybridized carbons (Fsp3) is 0.370. The summed E-state index contributed by atoms with van der Waals surface area (Å²) < 4.78 is 5.82. The third-order valence-electron chi connectivity index (χ3n) is 6.99. The monoisotopic (exact) mass is 477 g/mol. The largest absolute Gasteiger partial charge is 0.431 e. The number of halogens is 1. The summed E-state index contributed by atoms with van der Waals surface area (Å²) in [5.41, 5.74) is 1.47. The summed E-state index contributed by atoms with van der Waals surface area (Å²) >= 11 is 6.02. The molecule has 1 aromatic heterocycles. The van der Waals surface area contributed by atoms with Gasteiger partial charge in [-0.15, -0.1) is 0 Å². The van der Waals surface area contributed by atoms with Crippen LogP contribution < -0.4 is 0 Å². The second-order valence-electron chi connectivity index (χ2n) is 9.12. The van der Waals surface area contributed by atoms with Gasteiger partial charge in [-0.25, -0.2) is 4.98 Å². The van der Waals surface area contributed by atoms with Crippen molar-refractivity contribution in [1.29, 1.82) is 0 Å². The molecule has 34 heavy (non-hydrogen) atoms. The van der Waals surface area contributed by atoms with Crippen LogP contribution in [0.4, 0.5) is 0 Å². The molecule has 0 N–H and O–H groups in total. The molecule has 1 aliphatic carbocycles. The maximum absolute atomic E-state index is 13.4. The second-order valence-corrected chi connectivity index (χ2v) is 9.55. The molecule has 1 saturated carbocycles. The van der Waals surface area contributed by atoms with Gasteiger partial charge in [-0.05, 0) is 55.2 Å². The summed E-state index contributed by atoms with van der Waals surface area (Å²) in [6.45, 7) is 1.46. The van der Waals surface area contributed by atoms with Crippen LogP contribution in [0.3, 0.4) is 0 Å². The summed E-state index contributed by atoms with van der Waals surface area (Å²) in [4.78, 5) is 34.9. The molecule has 1 aliphatic heterocycles. The SMILES string of the molecule is O=C(c1cnc(-c2ccccc2)o1)N1CCN(C(=O)c2ccc(Cl)cc2)C(C2CCCCC2)C1. The third kappa shape index (κ3) is 4.73. The summed E-state index contributed by atoms with van der Waals surface area (Å²) in [6, 6.07) is 16.6. The molecule has 176 valence electrons. The quantitative estimate of drug-likeness (QED) is 0.494. The average molecular weight is 478 g/mol. The lowest BCUT2D eigenvalue weighted by molar-refractivity contribution is 0.0211. The fourth-order valence-corrected chi connectivity index (χ4v) is 5.30. The van der Waals surface area contributed by atoms with Crippen LogP contribution in [-0.2, 0) is 0 Å². The lowest BCUT2D eigenvalue weighted by Gasteiger charge is -2.45. The standard InChI is InChI=1S/C27H28ClN3O3/c28-22-13-11-21(12-14-22)26(32)31-16-15-30(18-23(31)19-7-3-1-4-8-19)27(33)24-17-29-25(34-24)20-9-5-2-6-10-20/h2,5-6,9-14,17,19,23H,1,3-4,7-8,15-16,18H2. The smallest absolute Gasteiger partial charge is 0.291 e. The van der Waals surface area contributed by atoms with Gasteiger partial charge in [0.2, 0.25) is 11.7 Å². The molecule has 3 aromatic rings. The van der Waals surface area contributed by atoms with Crippen LogP contribution in [0.2, 0.25) is 5.02 Å². The van der Waals surface area contributed by atoms with E-state index in [9.17, 15) is 9.59 Å². The number of hydrogen-bond acceptors (Lipinski definition) is 4. The molecule has 2 fully saturated rings. The third-order valence-corrected chi connectivity index (χ3v) is 7.24. The van der Waals surface area contributed by atoms with E-state index in [0.29, 0.717) is 42.0 Å². The Bertz CT molecular complexity index is 1140. The van der Waals surface area contributed by atoms with Gasteiger partial charge >= 0.3 is 0 Å². The fourth-order valence-electron chi connectivity index (χ4n) is 5.17. The van der Waals surface area contributed by atoms with Gasteiger partial charge < -0.3 is 14.2 Å². The van der Waals surface area contributed by atoms with Crippen LogP contribution in [0.25, 0.3) is 11.5 Å². The number of rotatable bonds is 4. The zero-order chi connectivity index (χ0) is 23.5. The Morgan fingerprint density at radius 2 is 1.65 bits per heavy atom.